The summed E-state index contributed by atoms with van der Waals surface area (Å²) in [7, 11) is -3.53. The minimum absolute atomic E-state index is 0.101. The molecule has 2 heterocycles. The maximum Gasteiger partial charge on any atom is 0.346 e. The molecule has 1 aromatic rings. The van der Waals surface area contributed by atoms with E-state index < -0.39 is 16.0 Å². The quantitative estimate of drug-likeness (QED) is 0.928. The molecule has 0 radical (unpaired) electrons. The summed E-state index contributed by atoms with van der Waals surface area (Å²) in [6.07, 6.45) is 1.71. The summed E-state index contributed by atoms with van der Waals surface area (Å²) in [6.45, 7) is 4.77. The molecule has 7 heteroatoms. The van der Waals surface area contributed by atoms with Gasteiger partial charge < -0.3 is 5.11 Å². The first-order valence-corrected chi connectivity index (χ1v) is 8.42. The summed E-state index contributed by atoms with van der Waals surface area (Å²) in [5.41, 5.74) is 0.501. The third kappa shape index (κ3) is 2.82. The van der Waals surface area contributed by atoms with Crippen LogP contribution in [0.3, 0.4) is 0 Å². The van der Waals surface area contributed by atoms with Crippen LogP contribution in [0.1, 0.15) is 35.0 Å². The fraction of sp³-hybridized carbons (Fsp3) is 0.583. The number of carboxylic acids is 1. The standard InChI is InChI=1S/C12H17NO4S2/c1-8-3-5-13(6-4-8)19(16,17)10-7-9(2)11(18-10)12(14)15/h7-8H,3-6H2,1-2H3,(H,14,15). The van der Waals surface area contributed by atoms with Gasteiger partial charge in [0.05, 0.1) is 0 Å². The molecule has 5 nitrogen and oxygen atoms in total. The molecule has 19 heavy (non-hydrogen) atoms. The number of carboxylic acid groups (broad SMARTS) is 1. The molecule has 0 spiro atoms. The Morgan fingerprint density at radius 2 is 2.00 bits per heavy atom. The SMILES string of the molecule is Cc1cc(S(=O)(=O)N2CCC(C)CC2)sc1C(=O)O. The average molecular weight is 303 g/mol. The fourth-order valence-corrected chi connectivity index (χ4v) is 5.15. The van der Waals surface area contributed by atoms with Crippen molar-refractivity contribution in [2.24, 2.45) is 5.92 Å². The number of hydrogen-bond acceptors (Lipinski definition) is 4. The smallest absolute Gasteiger partial charge is 0.346 e. The zero-order chi connectivity index (χ0) is 14.2. The predicted molar refractivity (Wildman–Crippen MR) is 73.2 cm³/mol. The maximum absolute atomic E-state index is 12.4. The van der Waals surface area contributed by atoms with Crippen molar-refractivity contribution in [2.45, 2.75) is 30.9 Å². The Morgan fingerprint density at radius 1 is 1.42 bits per heavy atom. The van der Waals surface area contributed by atoms with Gasteiger partial charge in [-0.05, 0) is 37.3 Å². The number of rotatable bonds is 3. The van der Waals surface area contributed by atoms with E-state index in [1.807, 2.05) is 0 Å². The molecule has 0 bridgehead atoms. The first-order valence-electron chi connectivity index (χ1n) is 6.16. The Bertz CT molecular complexity index is 583. The minimum Gasteiger partial charge on any atom is -0.477 e. The van der Waals surface area contributed by atoms with E-state index in [2.05, 4.69) is 6.92 Å². The number of aryl methyl sites for hydroxylation is 1. The molecular formula is C12H17NO4S2. The van der Waals surface area contributed by atoms with Gasteiger partial charge in [-0.2, -0.15) is 4.31 Å². The van der Waals surface area contributed by atoms with Crippen LogP contribution in [0.15, 0.2) is 10.3 Å². The predicted octanol–water partition coefficient (Wildman–Crippen LogP) is 2.18. The second-order valence-electron chi connectivity index (χ2n) is 4.97. The van der Waals surface area contributed by atoms with Gasteiger partial charge in [0.25, 0.3) is 10.0 Å². The molecule has 0 aliphatic carbocycles. The van der Waals surface area contributed by atoms with Gasteiger partial charge >= 0.3 is 5.97 Å². The van der Waals surface area contributed by atoms with E-state index in [1.54, 1.807) is 6.92 Å². The fourth-order valence-electron chi connectivity index (χ4n) is 2.14. The first kappa shape index (κ1) is 14.5. The lowest BCUT2D eigenvalue weighted by Crippen LogP contribution is -2.37. The van der Waals surface area contributed by atoms with Gasteiger partial charge in [-0.15, -0.1) is 11.3 Å². The first-order chi connectivity index (χ1) is 8.82. The molecule has 0 saturated carbocycles. The van der Waals surface area contributed by atoms with E-state index in [0.29, 0.717) is 24.6 Å². The molecule has 1 aromatic heterocycles. The Hall–Kier alpha value is -0.920. The van der Waals surface area contributed by atoms with Crippen LogP contribution in [0.5, 0.6) is 0 Å². The molecule has 0 amide bonds. The van der Waals surface area contributed by atoms with Gasteiger partial charge in [-0.25, -0.2) is 13.2 Å². The van der Waals surface area contributed by atoms with Crippen LogP contribution in [0, 0.1) is 12.8 Å². The number of nitrogens with zero attached hydrogens (tertiary/aromatic N) is 1. The molecule has 1 saturated heterocycles. The third-order valence-electron chi connectivity index (χ3n) is 3.43. The van der Waals surface area contributed by atoms with Gasteiger partial charge in [0, 0.05) is 13.1 Å². The van der Waals surface area contributed by atoms with Crippen LogP contribution >= 0.6 is 11.3 Å². The van der Waals surface area contributed by atoms with Crippen molar-refractivity contribution < 1.29 is 18.3 Å². The summed E-state index contributed by atoms with van der Waals surface area (Å²) < 4.78 is 26.4. The molecule has 1 aliphatic rings. The summed E-state index contributed by atoms with van der Waals surface area (Å²) >= 11 is 0.840. The van der Waals surface area contributed by atoms with Crippen molar-refractivity contribution >= 4 is 27.3 Å². The highest BCUT2D eigenvalue weighted by molar-refractivity contribution is 7.91. The normalized spacial score (nSPS) is 18.6. The Morgan fingerprint density at radius 3 is 2.47 bits per heavy atom. The van der Waals surface area contributed by atoms with Crippen molar-refractivity contribution in [2.75, 3.05) is 13.1 Å². The number of hydrogen-bond donors (Lipinski definition) is 1. The Kier molecular flexibility index (Phi) is 3.98. The van der Waals surface area contributed by atoms with Crippen LogP contribution in [-0.2, 0) is 10.0 Å². The Labute approximate surface area is 116 Å². The molecule has 1 N–H and O–H groups in total. The number of aromatic carboxylic acids is 1. The molecule has 1 fully saturated rings. The van der Waals surface area contributed by atoms with Crippen LogP contribution in [0.4, 0.5) is 0 Å². The lowest BCUT2D eigenvalue weighted by atomic mass is 10.0. The monoisotopic (exact) mass is 303 g/mol. The summed E-state index contributed by atoms with van der Waals surface area (Å²) in [5.74, 6) is -0.526. The lowest BCUT2D eigenvalue weighted by Gasteiger charge is -2.28. The van der Waals surface area contributed by atoms with Crippen molar-refractivity contribution in [3.05, 3.63) is 16.5 Å². The zero-order valence-electron chi connectivity index (χ0n) is 10.9. The highest BCUT2D eigenvalue weighted by atomic mass is 32.2. The largest absolute Gasteiger partial charge is 0.477 e. The number of sulfonamides is 1. The van der Waals surface area contributed by atoms with E-state index in [1.165, 1.54) is 10.4 Å². The molecule has 1 aliphatic heterocycles. The number of thiophene rings is 1. The van der Waals surface area contributed by atoms with Gasteiger partial charge in [0.15, 0.2) is 0 Å². The van der Waals surface area contributed by atoms with Crippen molar-refractivity contribution in [1.29, 1.82) is 0 Å². The summed E-state index contributed by atoms with van der Waals surface area (Å²) in [5, 5.41) is 8.99. The van der Waals surface area contributed by atoms with Gasteiger partial charge in [-0.1, -0.05) is 6.92 Å². The van der Waals surface area contributed by atoms with E-state index >= 15 is 0 Å². The van der Waals surface area contributed by atoms with Crippen LogP contribution in [0.25, 0.3) is 0 Å². The lowest BCUT2D eigenvalue weighted by molar-refractivity contribution is 0.0701. The van der Waals surface area contributed by atoms with Crippen LogP contribution < -0.4 is 0 Å². The van der Waals surface area contributed by atoms with E-state index in [9.17, 15) is 13.2 Å². The molecule has 106 valence electrons. The topological polar surface area (TPSA) is 74.7 Å². The minimum atomic E-state index is -3.53. The van der Waals surface area contributed by atoms with Gasteiger partial charge in [0.2, 0.25) is 0 Å². The molecule has 0 atom stereocenters. The van der Waals surface area contributed by atoms with Crippen molar-refractivity contribution in [3.63, 3.8) is 0 Å². The van der Waals surface area contributed by atoms with E-state index in [-0.39, 0.29) is 9.09 Å². The molecular weight excluding hydrogens is 286 g/mol. The summed E-state index contributed by atoms with van der Waals surface area (Å²) in [4.78, 5) is 11.1. The maximum atomic E-state index is 12.4. The Balaban J connectivity index is 2.29. The van der Waals surface area contributed by atoms with Crippen LogP contribution in [0.2, 0.25) is 0 Å². The third-order valence-corrected chi connectivity index (χ3v) is 7.00. The zero-order valence-corrected chi connectivity index (χ0v) is 12.6. The summed E-state index contributed by atoms with van der Waals surface area (Å²) in [6, 6.07) is 1.46. The van der Waals surface area contributed by atoms with Crippen LogP contribution in [-0.4, -0.2) is 36.9 Å². The highest BCUT2D eigenvalue weighted by Crippen LogP contribution is 2.30. The van der Waals surface area contributed by atoms with Crippen molar-refractivity contribution in [1.82, 2.24) is 4.31 Å². The second kappa shape index (κ2) is 5.22. The second-order valence-corrected chi connectivity index (χ2v) is 8.19. The number of carbonyl (C=O) groups is 1. The van der Waals surface area contributed by atoms with Crippen molar-refractivity contribution in [3.8, 4) is 0 Å². The van der Waals surface area contributed by atoms with Gasteiger partial charge in [-0.3, -0.25) is 0 Å². The molecule has 0 unspecified atom stereocenters. The van der Waals surface area contributed by atoms with Gasteiger partial charge in [0.1, 0.15) is 9.09 Å². The molecule has 0 aromatic carbocycles. The highest BCUT2D eigenvalue weighted by Gasteiger charge is 2.30. The average Bonchev–Trinajstić information content (AvgIpc) is 2.72. The van der Waals surface area contributed by atoms with E-state index in [4.69, 9.17) is 5.11 Å². The molecule has 2 rings (SSSR count). The number of piperidine rings is 1. The van der Waals surface area contributed by atoms with E-state index in [0.717, 1.165) is 24.2 Å².